The number of nitrogens with zero attached hydrogens (tertiary/aromatic N) is 3. The van der Waals surface area contributed by atoms with E-state index in [4.69, 9.17) is 4.42 Å². The number of furan rings is 1. The molecule has 2 aromatic rings. The molecule has 7 nitrogen and oxygen atoms in total. The van der Waals surface area contributed by atoms with Crippen LogP contribution in [0.2, 0.25) is 0 Å². The van der Waals surface area contributed by atoms with Crippen molar-refractivity contribution in [1.29, 1.82) is 0 Å². The summed E-state index contributed by atoms with van der Waals surface area (Å²) < 4.78 is 5.26. The lowest BCUT2D eigenvalue weighted by Gasteiger charge is -2.10. The average Bonchev–Trinajstić information content (AvgIpc) is 2.99. The quantitative estimate of drug-likeness (QED) is 0.380. The second-order valence-corrected chi connectivity index (χ2v) is 5.16. The van der Waals surface area contributed by atoms with Crippen LogP contribution < -0.4 is 10.6 Å². The number of H-pyrrole nitrogens is 1. The highest BCUT2D eigenvalue weighted by molar-refractivity contribution is 14.0. The molecular weight excluding hydrogens is 395 g/mol. The molecule has 0 aliphatic heterocycles. The van der Waals surface area contributed by atoms with Crippen molar-refractivity contribution >= 4 is 29.9 Å². The topological polar surface area (TPSA) is 91.1 Å². The van der Waals surface area contributed by atoms with Gasteiger partial charge in [0.1, 0.15) is 5.82 Å². The van der Waals surface area contributed by atoms with Crippen LogP contribution in [0.15, 0.2) is 27.8 Å². The zero-order valence-electron chi connectivity index (χ0n) is 12.5. The predicted octanol–water partition coefficient (Wildman–Crippen LogP) is 1.80. The third kappa shape index (κ3) is 4.72. The maximum atomic E-state index is 5.26. The number of hydrogen-bond acceptors (Lipinski definition) is 4. The lowest BCUT2D eigenvalue weighted by molar-refractivity contribution is 0.577. The molecule has 0 radical (unpaired) electrons. The normalized spacial score (nSPS) is 14.5. The molecule has 0 aromatic carbocycles. The van der Waals surface area contributed by atoms with Gasteiger partial charge in [0, 0.05) is 26.6 Å². The summed E-state index contributed by atoms with van der Waals surface area (Å²) >= 11 is 0. The first-order valence-electron chi connectivity index (χ1n) is 7.25. The fourth-order valence-electron chi connectivity index (χ4n) is 2.01. The lowest BCUT2D eigenvalue weighted by Crippen LogP contribution is -2.39. The molecule has 0 saturated heterocycles. The number of aromatic amines is 1. The van der Waals surface area contributed by atoms with E-state index >= 15 is 0 Å². The molecule has 1 aliphatic carbocycles. The van der Waals surface area contributed by atoms with Gasteiger partial charge in [-0.25, -0.2) is 4.98 Å². The Kier molecular flexibility index (Phi) is 6.22. The Morgan fingerprint density at radius 1 is 1.45 bits per heavy atom. The van der Waals surface area contributed by atoms with Crippen molar-refractivity contribution in [2.24, 2.45) is 10.9 Å². The van der Waals surface area contributed by atoms with Gasteiger partial charge >= 0.3 is 0 Å². The molecule has 0 bridgehead atoms. The standard InChI is InChI=1S/C14H20N6O.HI/c1-15-14(17-9-10-4-5-10)16-7-6-12-18-13(20-19-12)11-3-2-8-21-11;/h2-3,8,10H,4-7,9H2,1H3,(H2,15,16,17)(H,18,19,20);1H. The molecule has 3 N–H and O–H groups in total. The van der Waals surface area contributed by atoms with Crippen molar-refractivity contribution in [3.8, 4) is 11.6 Å². The van der Waals surface area contributed by atoms with Crippen LogP contribution in [0.4, 0.5) is 0 Å². The Labute approximate surface area is 146 Å². The van der Waals surface area contributed by atoms with Gasteiger partial charge in [-0.1, -0.05) is 0 Å². The van der Waals surface area contributed by atoms with Crippen molar-refractivity contribution in [2.45, 2.75) is 19.3 Å². The van der Waals surface area contributed by atoms with Gasteiger partial charge in [0.15, 0.2) is 11.7 Å². The summed E-state index contributed by atoms with van der Waals surface area (Å²) in [5.74, 6) is 3.76. The zero-order valence-corrected chi connectivity index (χ0v) is 14.8. The van der Waals surface area contributed by atoms with Gasteiger partial charge in [-0.05, 0) is 30.9 Å². The number of aliphatic imine (C=N–C) groups is 1. The van der Waals surface area contributed by atoms with Crippen LogP contribution in [0, 0.1) is 5.92 Å². The van der Waals surface area contributed by atoms with Gasteiger partial charge in [-0.3, -0.25) is 10.1 Å². The van der Waals surface area contributed by atoms with Crippen molar-refractivity contribution in [1.82, 2.24) is 25.8 Å². The molecule has 0 unspecified atom stereocenters. The van der Waals surface area contributed by atoms with Crippen molar-refractivity contribution in [2.75, 3.05) is 20.1 Å². The van der Waals surface area contributed by atoms with E-state index in [9.17, 15) is 0 Å². The SMILES string of the molecule is CN=C(NCCc1nc(-c2ccco2)n[nH]1)NCC1CC1.I. The summed E-state index contributed by atoms with van der Waals surface area (Å²) in [6.45, 7) is 1.75. The highest BCUT2D eigenvalue weighted by Crippen LogP contribution is 2.27. The molecule has 0 amide bonds. The third-order valence-corrected chi connectivity index (χ3v) is 3.41. The van der Waals surface area contributed by atoms with Crippen LogP contribution in [-0.4, -0.2) is 41.3 Å². The lowest BCUT2D eigenvalue weighted by atomic mass is 10.4. The van der Waals surface area contributed by atoms with Gasteiger partial charge in [-0.15, -0.1) is 24.0 Å². The van der Waals surface area contributed by atoms with Crippen molar-refractivity contribution in [3.05, 3.63) is 24.2 Å². The van der Waals surface area contributed by atoms with E-state index in [1.54, 1.807) is 13.3 Å². The van der Waals surface area contributed by atoms with E-state index < -0.39 is 0 Å². The Morgan fingerprint density at radius 2 is 2.32 bits per heavy atom. The largest absolute Gasteiger partial charge is 0.461 e. The molecule has 0 atom stereocenters. The Morgan fingerprint density at radius 3 is 3.00 bits per heavy atom. The fourth-order valence-corrected chi connectivity index (χ4v) is 2.01. The van der Waals surface area contributed by atoms with Gasteiger partial charge in [0.05, 0.1) is 6.26 Å². The van der Waals surface area contributed by atoms with Crippen molar-refractivity contribution < 1.29 is 4.42 Å². The molecule has 2 heterocycles. The van der Waals surface area contributed by atoms with E-state index in [2.05, 4.69) is 30.8 Å². The number of guanidine groups is 1. The highest BCUT2D eigenvalue weighted by Gasteiger charge is 2.21. The van der Waals surface area contributed by atoms with E-state index in [0.29, 0.717) is 11.6 Å². The van der Waals surface area contributed by atoms with Crippen LogP contribution >= 0.6 is 24.0 Å². The van der Waals surface area contributed by atoms with E-state index in [0.717, 1.165) is 37.2 Å². The average molecular weight is 416 g/mol. The summed E-state index contributed by atoms with van der Waals surface area (Å²) in [6, 6.07) is 3.66. The zero-order chi connectivity index (χ0) is 14.5. The predicted molar refractivity (Wildman–Crippen MR) is 95.3 cm³/mol. The minimum absolute atomic E-state index is 0. The van der Waals surface area contributed by atoms with Gasteiger partial charge in [0.2, 0.25) is 5.82 Å². The van der Waals surface area contributed by atoms with Crippen LogP contribution in [0.25, 0.3) is 11.6 Å². The molecule has 1 aliphatic rings. The van der Waals surface area contributed by atoms with Crippen LogP contribution in [0.3, 0.4) is 0 Å². The molecule has 2 aromatic heterocycles. The van der Waals surface area contributed by atoms with Crippen LogP contribution in [-0.2, 0) is 6.42 Å². The molecule has 120 valence electrons. The first-order chi connectivity index (χ1) is 10.3. The molecular formula is C14H21IN6O. The fraction of sp³-hybridized carbons (Fsp3) is 0.500. The monoisotopic (exact) mass is 416 g/mol. The minimum Gasteiger partial charge on any atom is -0.461 e. The summed E-state index contributed by atoms with van der Waals surface area (Å²) in [5, 5.41) is 13.7. The van der Waals surface area contributed by atoms with Gasteiger partial charge in [-0.2, -0.15) is 5.10 Å². The molecule has 1 fully saturated rings. The first kappa shape index (κ1) is 16.8. The highest BCUT2D eigenvalue weighted by atomic mass is 127. The van der Waals surface area contributed by atoms with Crippen LogP contribution in [0.1, 0.15) is 18.7 Å². The smallest absolute Gasteiger partial charge is 0.216 e. The summed E-state index contributed by atoms with van der Waals surface area (Å²) in [6.07, 6.45) is 5.02. The summed E-state index contributed by atoms with van der Waals surface area (Å²) in [4.78, 5) is 8.60. The Balaban J connectivity index is 0.00000176. The number of rotatable bonds is 6. The summed E-state index contributed by atoms with van der Waals surface area (Å²) in [7, 11) is 1.78. The number of nitrogens with one attached hydrogen (secondary N) is 3. The van der Waals surface area contributed by atoms with Crippen LogP contribution in [0.5, 0.6) is 0 Å². The molecule has 1 saturated carbocycles. The number of aromatic nitrogens is 3. The van der Waals surface area contributed by atoms with E-state index in [1.165, 1.54) is 12.8 Å². The molecule has 8 heteroatoms. The minimum atomic E-state index is 0. The van der Waals surface area contributed by atoms with E-state index in [1.807, 2.05) is 12.1 Å². The van der Waals surface area contributed by atoms with E-state index in [-0.39, 0.29) is 24.0 Å². The first-order valence-corrected chi connectivity index (χ1v) is 7.25. The number of hydrogen-bond donors (Lipinski definition) is 3. The third-order valence-electron chi connectivity index (χ3n) is 3.41. The van der Waals surface area contributed by atoms with Gasteiger partial charge in [0.25, 0.3) is 0 Å². The summed E-state index contributed by atoms with van der Waals surface area (Å²) in [5.41, 5.74) is 0. The number of halogens is 1. The maximum absolute atomic E-state index is 5.26. The molecule has 0 spiro atoms. The van der Waals surface area contributed by atoms with Gasteiger partial charge < -0.3 is 15.1 Å². The molecule has 22 heavy (non-hydrogen) atoms. The molecule has 3 rings (SSSR count). The Bertz CT molecular complexity index is 590. The van der Waals surface area contributed by atoms with Crippen molar-refractivity contribution in [3.63, 3.8) is 0 Å². The Hall–Kier alpha value is -1.58. The second kappa shape index (κ2) is 8.16. The second-order valence-electron chi connectivity index (χ2n) is 5.16. The maximum Gasteiger partial charge on any atom is 0.216 e.